The van der Waals surface area contributed by atoms with Gasteiger partial charge in [0.15, 0.2) is 11.4 Å². The third kappa shape index (κ3) is 4.67. The molecular weight excluding hydrogens is 424 g/mol. The predicted octanol–water partition coefficient (Wildman–Crippen LogP) is 1.95. The van der Waals surface area contributed by atoms with E-state index in [0.29, 0.717) is 49.3 Å². The van der Waals surface area contributed by atoms with Crippen molar-refractivity contribution in [3.63, 3.8) is 0 Å². The number of carbonyl (C=O) groups is 2. The molecule has 0 aromatic carbocycles. The number of hydrogen-bond acceptors (Lipinski definition) is 8. The summed E-state index contributed by atoms with van der Waals surface area (Å²) in [5.74, 6) is -0.294. The van der Waals surface area contributed by atoms with Gasteiger partial charge in [-0.15, -0.1) is 0 Å². The molecular formula is C22H24N8O3. The molecule has 3 aromatic rings. The summed E-state index contributed by atoms with van der Waals surface area (Å²) in [4.78, 5) is 40.7. The van der Waals surface area contributed by atoms with Gasteiger partial charge in [0, 0.05) is 37.9 Å². The third-order valence-electron chi connectivity index (χ3n) is 5.54. The highest BCUT2D eigenvalue weighted by Gasteiger charge is 2.29. The Morgan fingerprint density at radius 1 is 1.06 bits per heavy atom. The van der Waals surface area contributed by atoms with E-state index in [1.807, 2.05) is 12.1 Å². The van der Waals surface area contributed by atoms with Gasteiger partial charge in [-0.2, -0.15) is 5.10 Å². The first-order valence-electron chi connectivity index (χ1n) is 10.8. The maximum atomic E-state index is 13.4. The minimum absolute atomic E-state index is 0.192. The van der Waals surface area contributed by atoms with E-state index < -0.39 is 5.91 Å². The summed E-state index contributed by atoms with van der Waals surface area (Å²) in [6.45, 7) is 1.94. The van der Waals surface area contributed by atoms with Gasteiger partial charge in [-0.1, -0.05) is 0 Å². The van der Waals surface area contributed by atoms with E-state index >= 15 is 0 Å². The molecule has 1 saturated heterocycles. The van der Waals surface area contributed by atoms with E-state index in [1.165, 1.54) is 11.0 Å². The zero-order valence-electron chi connectivity index (χ0n) is 18.2. The third-order valence-corrected chi connectivity index (χ3v) is 5.54. The number of pyridine rings is 1. The van der Waals surface area contributed by atoms with E-state index in [1.54, 1.807) is 30.5 Å². The molecule has 0 atom stereocenters. The number of rotatable bonds is 6. The molecule has 170 valence electrons. The number of morpholine rings is 1. The van der Waals surface area contributed by atoms with Crippen molar-refractivity contribution in [2.24, 2.45) is 7.05 Å². The van der Waals surface area contributed by atoms with Crippen LogP contribution in [0.25, 0.3) is 0 Å². The van der Waals surface area contributed by atoms with Crippen LogP contribution in [0.1, 0.15) is 45.4 Å². The van der Waals surface area contributed by atoms with E-state index in [9.17, 15) is 9.59 Å². The van der Waals surface area contributed by atoms with E-state index in [-0.39, 0.29) is 17.3 Å². The molecule has 2 amide bonds. The van der Waals surface area contributed by atoms with E-state index in [0.717, 1.165) is 18.5 Å². The van der Waals surface area contributed by atoms with Crippen LogP contribution in [-0.4, -0.2) is 67.7 Å². The van der Waals surface area contributed by atoms with Crippen LogP contribution < -0.4 is 10.6 Å². The number of nitrogens with one attached hydrogen (secondary N) is 2. The fourth-order valence-electron chi connectivity index (χ4n) is 3.71. The fraction of sp³-hybridized carbons (Fsp3) is 0.364. The molecule has 11 nitrogen and oxygen atoms in total. The lowest BCUT2D eigenvalue weighted by atomic mass is 10.2. The first-order valence-corrected chi connectivity index (χ1v) is 10.8. The molecule has 0 bridgehead atoms. The van der Waals surface area contributed by atoms with Gasteiger partial charge in [-0.3, -0.25) is 14.3 Å². The SMILES string of the molecule is Cn1cc(NC(=O)c2nc(C3CC3)ccc2Nc2cncnc2)c(C(=O)N2CCOCC2)n1. The number of carbonyl (C=O) groups excluding carboxylic acids is 2. The number of nitrogens with zero attached hydrogens (tertiary/aromatic N) is 6. The van der Waals surface area contributed by atoms with Gasteiger partial charge in [-0.25, -0.2) is 15.0 Å². The second kappa shape index (κ2) is 8.94. The van der Waals surface area contributed by atoms with Crippen LogP contribution in [-0.2, 0) is 11.8 Å². The van der Waals surface area contributed by atoms with Crippen LogP contribution >= 0.6 is 0 Å². The van der Waals surface area contributed by atoms with Gasteiger partial charge in [0.25, 0.3) is 11.8 Å². The molecule has 11 heteroatoms. The zero-order valence-corrected chi connectivity index (χ0v) is 18.2. The summed E-state index contributed by atoms with van der Waals surface area (Å²) in [6, 6.07) is 3.77. The summed E-state index contributed by atoms with van der Waals surface area (Å²) >= 11 is 0. The van der Waals surface area contributed by atoms with E-state index in [4.69, 9.17) is 4.74 Å². The quantitative estimate of drug-likeness (QED) is 0.586. The summed E-state index contributed by atoms with van der Waals surface area (Å²) in [6.07, 6.45) is 8.41. The van der Waals surface area contributed by atoms with E-state index in [2.05, 4.69) is 30.7 Å². The maximum Gasteiger partial charge on any atom is 0.276 e. The zero-order chi connectivity index (χ0) is 22.8. The number of hydrogen-bond donors (Lipinski definition) is 2. The van der Waals surface area contributed by atoms with Crippen molar-refractivity contribution >= 4 is 28.9 Å². The van der Waals surface area contributed by atoms with Gasteiger partial charge in [0.1, 0.15) is 6.33 Å². The monoisotopic (exact) mass is 448 g/mol. The Labute approximate surface area is 190 Å². The first-order chi connectivity index (χ1) is 16.1. The minimum Gasteiger partial charge on any atom is -0.378 e. The molecule has 4 heterocycles. The van der Waals surface area contributed by atoms with Gasteiger partial charge in [-0.05, 0) is 25.0 Å². The van der Waals surface area contributed by atoms with Crippen molar-refractivity contribution in [1.29, 1.82) is 0 Å². The average molecular weight is 448 g/mol. The molecule has 2 aliphatic rings. The smallest absolute Gasteiger partial charge is 0.276 e. The largest absolute Gasteiger partial charge is 0.378 e. The maximum absolute atomic E-state index is 13.4. The Morgan fingerprint density at radius 3 is 2.55 bits per heavy atom. The van der Waals surface area contributed by atoms with Crippen molar-refractivity contribution in [3.8, 4) is 0 Å². The van der Waals surface area contributed by atoms with Gasteiger partial charge in [0.2, 0.25) is 0 Å². The van der Waals surface area contributed by atoms with Crippen LogP contribution in [0.15, 0.2) is 37.1 Å². The highest BCUT2D eigenvalue weighted by Crippen LogP contribution is 2.39. The van der Waals surface area contributed by atoms with Crippen LogP contribution in [0, 0.1) is 0 Å². The molecule has 33 heavy (non-hydrogen) atoms. The minimum atomic E-state index is -0.430. The summed E-state index contributed by atoms with van der Waals surface area (Å²) < 4.78 is 6.84. The molecule has 5 rings (SSSR count). The van der Waals surface area contributed by atoms with Crippen LogP contribution in [0.2, 0.25) is 0 Å². The molecule has 1 aliphatic carbocycles. The Morgan fingerprint density at radius 2 is 1.82 bits per heavy atom. The van der Waals surface area contributed by atoms with Crippen LogP contribution in [0.5, 0.6) is 0 Å². The van der Waals surface area contributed by atoms with Crippen LogP contribution in [0.3, 0.4) is 0 Å². The summed E-state index contributed by atoms with van der Waals surface area (Å²) in [5, 5.41) is 10.3. The summed E-state index contributed by atoms with van der Waals surface area (Å²) in [5.41, 5.74) is 2.81. The van der Waals surface area contributed by atoms with Crippen molar-refractivity contribution in [3.05, 3.63) is 54.1 Å². The van der Waals surface area contributed by atoms with Crippen molar-refractivity contribution in [2.75, 3.05) is 36.9 Å². The predicted molar refractivity (Wildman–Crippen MR) is 119 cm³/mol. The van der Waals surface area contributed by atoms with Crippen molar-refractivity contribution < 1.29 is 14.3 Å². The topological polar surface area (TPSA) is 127 Å². The molecule has 0 spiro atoms. The normalized spacial score (nSPS) is 15.8. The summed E-state index contributed by atoms with van der Waals surface area (Å²) in [7, 11) is 1.71. The Balaban J connectivity index is 1.42. The molecule has 1 saturated carbocycles. The average Bonchev–Trinajstić information content (AvgIpc) is 3.63. The van der Waals surface area contributed by atoms with Gasteiger partial charge >= 0.3 is 0 Å². The molecule has 0 unspecified atom stereocenters. The number of ether oxygens (including phenoxy) is 1. The lowest BCUT2D eigenvalue weighted by Gasteiger charge is -2.26. The molecule has 2 fully saturated rings. The Bertz CT molecular complexity index is 1170. The van der Waals surface area contributed by atoms with Crippen LogP contribution in [0.4, 0.5) is 17.1 Å². The fourth-order valence-corrected chi connectivity index (χ4v) is 3.71. The van der Waals surface area contributed by atoms with Crippen molar-refractivity contribution in [1.82, 2.24) is 29.6 Å². The second-order valence-electron chi connectivity index (χ2n) is 8.08. The highest BCUT2D eigenvalue weighted by atomic mass is 16.5. The second-order valence-corrected chi connectivity index (χ2v) is 8.08. The number of amides is 2. The lowest BCUT2D eigenvalue weighted by molar-refractivity contribution is 0.0299. The Kier molecular flexibility index (Phi) is 5.69. The highest BCUT2D eigenvalue weighted by molar-refractivity contribution is 6.10. The first kappa shape index (κ1) is 21.0. The van der Waals surface area contributed by atoms with Gasteiger partial charge < -0.3 is 20.3 Å². The number of anilines is 3. The molecule has 3 aromatic heterocycles. The standard InChI is InChI=1S/C22H24N8O3/c1-29-12-18(20(28-29)22(32)30-6-8-33-9-7-30)27-21(31)19-17(25-15-10-23-13-24-11-15)5-4-16(26-19)14-2-3-14/h4-5,10-14,25H,2-3,6-9H2,1H3,(H,27,31). The molecule has 1 aliphatic heterocycles. The lowest BCUT2D eigenvalue weighted by Crippen LogP contribution is -2.41. The molecule has 2 N–H and O–H groups in total. The van der Waals surface area contributed by atoms with Gasteiger partial charge in [0.05, 0.1) is 42.7 Å². The number of aromatic nitrogens is 5. The van der Waals surface area contributed by atoms with Crippen molar-refractivity contribution in [2.45, 2.75) is 18.8 Å². The number of aryl methyl sites for hydroxylation is 1. The molecule has 0 radical (unpaired) electrons. The Hall–Kier alpha value is -3.86.